The molecule has 0 N–H and O–H groups in total. The summed E-state index contributed by atoms with van der Waals surface area (Å²) in [5.74, 6) is 2.22. The van der Waals surface area contributed by atoms with Gasteiger partial charge in [0.2, 0.25) is 5.95 Å². The SMILES string of the molecule is c1cnc(N2Cc3nccn3C[C@@H](Cn3cccn3)C2)nc1. The first-order valence-corrected chi connectivity index (χ1v) is 7.38. The van der Waals surface area contributed by atoms with Crippen LogP contribution in [0.2, 0.25) is 0 Å². The molecule has 0 bridgehead atoms. The van der Waals surface area contributed by atoms with Crippen LogP contribution in [-0.2, 0) is 19.6 Å². The summed E-state index contributed by atoms with van der Waals surface area (Å²) in [6.45, 7) is 3.41. The lowest BCUT2D eigenvalue weighted by atomic mass is 10.1. The van der Waals surface area contributed by atoms with Crippen molar-refractivity contribution in [1.29, 1.82) is 0 Å². The third kappa shape index (κ3) is 2.57. The number of imidazole rings is 1. The zero-order valence-electron chi connectivity index (χ0n) is 12.2. The molecule has 0 spiro atoms. The summed E-state index contributed by atoms with van der Waals surface area (Å²) in [6, 6.07) is 3.79. The quantitative estimate of drug-likeness (QED) is 0.726. The molecule has 0 aliphatic carbocycles. The molecule has 4 rings (SSSR count). The fourth-order valence-corrected chi connectivity index (χ4v) is 2.94. The molecule has 3 aromatic rings. The second-order valence-electron chi connectivity index (χ2n) is 5.52. The largest absolute Gasteiger partial charge is 0.333 e. The van der Waals surface area contributed by atoms with Crippen LogP contribution in [0.5, 0.6) is 0 Å². The van der Waals surface area contributed by atoms with Crippen molar-refractivity contribution in [1.82, 2.24) is 29.3 Å². The zero-order valence-corrected chi connectivity index (χ0v) is 12.2. The molecule has 0 amide bonds. The maximum Gasteiger partial charge on any atom is 0.225 e. The Kier molecular flexibility index (Phi) is 3.30. The topological polar surface area (TPSA) is 64.7 Å². The Morgan fingerprint density at radius 1 is 0.955 bits per heavy atom. The summed E-state index contributed by atoms with van der Waals surface area (Å²) < 4.78 is 4.20. The third-order valence-electron chi connectivity index (χ3n) is 3.91. The van der Waals surface area contributed by atoms with Crippen molar-refractivity contribution in [2.45, 2.75) is 19.6 Å². The highest BCUT2D eigenvalue weighted by atomic mass is 15.3. The predicted molar refractivity (Wildman–Crippen MR) is 81.0 cm³/mol. The Balaban J connectivity index is 1.63. The van der Waals surface area contributed by atoms with Crippen LogP contribution in [0, 0.1) is 5.92 Å². The van der Waals surface area contributed by atoms with E-state index >= 15 is 0 Å². The van der Waals surface area contributed by atoms with Crippen molar-refractivity contribution in [3.8, 4) is 0 Å². The highest BCUT2D eigenvalue weighted by Crippen LogP contribution is 2.20. The smallest absolute Gasteiger partial charge is 0.225 e. The lowest BCUT2D eigenvalue weighted by Crippen LogP contribution is -2.31. The van der Waals surface area contributed by atoms with Crippen LogP contribution >= 0.6 is 0 Å². The van der Waals surface area contributed by atoms with Crippen LogP contribution in [0.25, 0.3) is 0 Å². The van der Waals surface area contributed by atoms with E-state index in [9.17, 15) is 0 Å². The molecule has 1 atom stereocenters. The van der Waals surface area contributed by atoms with Gasteiger partial charge in [-0.2, -0.15) is 5.10 Å². The van der Waals surface area contributed by atoms with Crippen LogP contribution in [0.4, 0.5) is 5.95 Å². The standard InChI is InChI=1S/C15H17N7/c1-3-17-15(18-4-1)21-10-13(11-22-7-2-5-19-22)9-20-8-6-16-14(20)12-21/h1-8,13H,9-12H2/t13-/m1/s1. The van der Waals surface area contributed by atoms with Gasteiger partial charge in [-0.3, -0.25) is 4.68 Å². The van der Waals surface area contributed by atoms with Crippen LogP contribution in [0.1, 0.15) is 5.82 Å². The molecule has 22 heavy (non-hydrogen) atoms. The molecule has 0 fully saturated rings. The van der Waals surface area contributed by atoms with Crippen molar-refractivity contribution in [2.24, 2.45) is 5.92 Å². The van der Waals surface area contributed by atoms with Gasteiger partial charge in [-0.1, -0.05) is 0 Å². The van der Waals surface area contributed by atoms with Gasteiger partial charge in [-0.25, -0.2) is 15.0 Å². The van der Waals surface area contributed by atoms with Crippen molar-refractivity contribution in [2.75, 3.05) is 11.4 Å². The van der Waals surface area contributed by atoms with Gasteiger partial charge in [0.25, 0.3) is 0 Å². The van der Waals surface area contributed by atoms with Crippen LogP contribution in [-0.4, -0.2) is 35.8 Å². The molecule has 4 heterocycles. The van der Waals surface area contributed by atoms with Crippen LogP contribution in [0.15, 0.2) is 49.3 Å². The van der Waals surface area contributed by atoms with Crippen molar-refractivity contribution < 1.29 is 0 Å². The van der Waals surface area contributed by atoms with E-state index in [1.54, 1.807) is 12.4 Å². The van der Waals surface area contributed by atoms with Crippen molar-refractivity contribution in [3.05, 3.63) is 55.1 Å². The highest BCUT2D eigenvalue weighted by Gasteiger charge is 2.24. The maximum absolute atomic E-state index is 4.47. The molecule has 7 nitrogen and oxygen atoms in total. The summed E-state index contributed by atoms with van der Waals surface area (Å²) in [7, 11) is 0. The average Bonchev–Trinajstić information content (AvgIpc) is 3.17. The van der Waals surface area contributed by atoms with Crippen molar-refractivity contribution >= 4 is 5.95 Å². The van der Waals surface area contributed by atoms with E-state index in [0.29, 0.717) is 5.92 Å². The minimum absolute atomic E-state index is 0.416. The highest BCUT2D eigenvalue weighted by molar-refractivity contribution is 5.29. The summed E-state index contributed by atoms with van der Waals surface area (Å²) in [6.07, 6.45) is 11.3. The zero-order chi connectivity index (χ0) is 14.8. The summed E-state index contributed by atoms with van der Waals surface area (Å²) in [5.41, 5.74) is 0. The summed E-state index contributed by atoms with van der Waals surface area (Å²) in [4.78, 5) is 15.4. The molecule has 0 saturated carbocycles. The number of aromatic nitrogens is 6. The van der Waals surface area contributed by atoms with Gasteiger partial charge in [0.05, 0.1) is 6.54 Å². The molecular weight excluding hydrogens is 278 g/mol. The Labute approximate surface area is 128 Å². The predicted octanol–water partition coefficient (Wildman–Crippen LogP) is 1.21. The van der Waals surface area contributed by atoms with Gasteiger partial charge in [-0.15, -0.1) is 0 Å². The first-order valence-electron chi connectivity index (χ1n) is 7.38. The second kappa shape index (κ2) is 5.59. The van der Waals surface area contributed by atoms with E-state index in [-0.39, 0.29) is 0 Å². The minimum Gasteiger partial charge on any atom is -0.333 e. The Morgan fingerprint density at radius 3 is 2.68 bits per heavy atom. The van der Waals surface area contributed by atoms with E-state index in [0.717, 1.165) is 38.0 Å². The van der Waals surface area contributed by atoms with Gasteiger partial charge in [-0.05, 0) is 12.1 Å². The Hall–Kier alpha value is -2.70. The average molecular weight is 295 g/mol. The number of fused-ring (bicyclic) bond motifs is 1. The fraction of sp³-hybridized carbons (Fsp3) is 0.333. The molecule has 3 aromatic heterocycles. The van der Waals surface area contributed by atoms with E-state index < -0.39 is 0 Å². The first kappa shape index (κ1) is 13.0. The molecule has 0 aromatic carbocycles. The van der Waals surface area contributed by atoms with Crippen LogP contribution in [0.3, 0.4) is 0 Å². The normalized spacial score (nSPS) is 18.0. The molecule has 112 valence electrons. The number of hydrogen-bond acceptors (Lipinski definition) is 5. The molecule has 1 aliphatic heterocycles. The van der Waals surface area contributed by atoms with Gasteiger partial charge in [0.15, 0.2) is 0 Å². The molecule has 0 radical (unpaired) electrons. The number of anilines is 1. The molecule has 7 heteroatoms. The Bertz CT molecular complexity index is 719. The van der Waals surface area contributed by atoms with Gasteiger partial charge >= 0.3 is 0 Å². The van der Waals surface area contributed by atoms with Crippen LogP contribution < -0.4 is 4.90 Å². The molecule has 0 saturated heterocycles. The summed E-state index contributed by atoms with van der Waals surface area (Å²) >= 11 is 0. The second-order valence-corrected chi connectivity index (χ2v) is 5.52. The summed E-state index contributed by atoms with van der Waals surface area (Å²) in [5, 5.41) is 4.32. The van der Waals surface area contributed by atoms with Gasteiger partial charge in [0.1, 0.15) is 5.82 Å². The van der Waals surface area contributed by atoms with Gasteiger partial charge in [0, 0.05) is 62.7 Å². The monoisotopic (exact) mass is 295 g/mol. The van der Waals surface area contributed by atoms with E-state index in [4.69, 9.17) is 0 Å². The molecular formula is C15H17N7. The van der Waals surface area contributed by atoms with E-state index in [1.807, 2.05) is 41.6 Å². The first-order chi connectivity index (χ1) is 10.9. The Morgan fingerprint density at radius 2 is 1.86 bits per heavy atom. The van der Waals surface area contributed by atoms with E-state index in [2.05, 4.69) is 29.5 Å². The fourth-order valence-electron chi connectivity index (χ4n) is 2.94. The number of hydrogen-bond donors (Lipinski definition) is 0. The van der Waals surface area contributed by atoms with E-state index in [1.165, 1.54) is 0 Å². The minimum atomic E-state index is 0.416. The number of nitrogens with zero attached hydrogens (tertiary/aromatic N) is 7. The maximum atomic E-state index is 4.47. The lowest BCUT2D eigenvalue weighted by Gasteiger charge is -2.23. The van der Waals surface area contributed by atoms with Gasteiger partial charge < -0.3 is 9.47 Å². The number of rotatable bonds is 3. The van der Waals surface area contributed by atoms with Crippen molar-refractivity contribution in [3.63, 3.8) is 0 Å². The third-order valence-corrected chi connectivity index (χ3v) is 3.91. The molecule has 0 unspecified atom stereocenters. The lowest BCUT2D eigenvalue weighted by molar-refractivity contribution is 0.378. The molecule has 1 aliphatic rings.